The molecule has 5 heteroatoms. The summed E-state index contributed by atoms with van der Waals surface area (Å²) in [5, 5.41) is 6.06. The number of amides is 2. The summed E-state index contributed by atoms with van der Waals surface area (Å²) in [6, 6.07) is 7.88. The van der Waals surface area contributed by atoms with Crippen LogP contribution in [0, 0.1) is 0 Å². The summed E-state index contributed by atoms with van der Waals surface area (Å²) in [5.41, 5.74) is 1.61. The smallest absolute Gasteiger partial charge is 0.408 e. The number of hydrogen-bond acceptors (Lipinski definition) is 3. The van der Waals surface area contributed by atoms with E-state index in [-0.39, 0.29) is 18.0 Å². The summed E-state index contributed by atoms with van der Waals surface area (Å²) in [6.45, 7) is 7.54. The van der Waals surface area contributed by atoms with Gasteiger partial charge in [-0.3, -0.25) is 4.79 Å². The van der Waals surface area contributed by atoms with Gasteiger partial charge in [-0.2, -0.15) is 0 Å². The zero-order chi connectivity index (χ0) is 17.7. The van der Waals surface area contributed by atoms with Crippen LogP contribution in [0.2, 0.25) is 0 Å². The van der Waals surface area contributed by atoms with Gasteiger partial charge in [0.15, 0.2) is 0 Å². The van der Waals surface area contributed by atoms with Crippen LogP contribution in [0.1, 0.15) is 76.6 Å². The van der Waals surface area contributed by atoms with Crippen LogP contribution in [0.4, 0.5) is 4.79 Å². The second-order valence-electron chi connectivity index (χ2n) is 7.28. The molecule has 1 aliphatic rings. The van der Waals surface area contributed by atoms with E-state index in [4.69, 9.17) is 4.74 Å². The van der Waals surface area contributed by atoms with E-state index in [0.717, 1.165) is 30.4 Å². The first-order valence-electron chi connectivity index (χ1n) is 8.68. The molecule has 1 aromatic carbocycles. The first-order valence-corrected chi connectivity index (χ1v) is 8.68. The monoisotopic (exact) mass is 332 g/mol. The third-order valence-electron chi connectivity index (χ3n) is 3.99. The summed E-state index contributed by atoms with van der Waals surface area (Å²) < 4.78 is 5.36. The summed E-state index contributed by atoms with van der Waals surface area (Å²) in [7, 11) is 0. The van der Waals surface area contributed by atoms with Gasteiger partial charge in [-0.05, 0) is 51.2 Å². The molecule has 0 fully saturated rings. The highest BCUT2D eigenvalue weighted by Crippen LogP contribution is 2.36. The zero-order valence-electron chi connectivity index (χ0n) is 15.0. The maximum Gasteiger partial charge on any atom is 0.408 e. The molecule has 0 heterocycles. The molecule has 2 amide bonds. The molecular formula is C19H28N2O3. The van der Waals surface area contributed by atoms with Gasteiger partial charge in [0.25, 0.3) is 0 Å². The molecule has 0 radical (unpaired) electrons. The Morgan fingerprint density at radius 1 is 1.08 bits per heavy atom. The lowest BCUT2D eigenvalue weighted by atomic mass is 9.84. The van der Waals surface area contributed by atoms with Crippen LogP contribution in [-0.2, 0) is 9.53 Å². The first kappa shape index (κ1) is 18.3. The van der Waals surface area contributed by atoms with Crippen molar-refractivity contribution >= 4 is 12.0 Å². The average molecular weight is 332 g/mol. The number of hydrogen-bond donors (Lipinski definition) is 2. The van der Waals surface area contributed by atoms with Crippen molar-refractivity contribution in [1.29, 1.82) is 0 Å². The summed E-state index contributed by atoms with van der Waals surface area (Å²) >= 11 is 0. The molecule has 5 nitrogen and oxygen atoms in total. The first-order chi connectivity index (χ1) is 11.3. The molecule has 0 saturated heterocycles. The highest BCUT2D eigenvalue weighted by atomic mass is 16.6. The molecule has 0 saturated carbocycles. The third-order valence-corrected chi connectivity index (χ3v) is 3.99. The molecule has 2 N–H and O–H groups in total. The van der Waals surface area contributed by atoms with E-state index in [0.29, 0.717) is 6.42 Å². The molecule has 1 aliphatic carbocycles. The number of benzene rings is 1. The van der Waals surface area contributed by atoms with Crippen LogP contribution in [0.25, 0.3) is 0 Å². The minimum Gasteiger partial charge on any atom is -0.444 e. The van der Waals surface area contributed by atoms with Crippen molar-refractivity contribution in [3.63, 3.8) is 0 Å². The number of carbonyl (C=O) groups is 2. The molecule has 2 unspecified atom stereocenters. The van der Waals surface area contributed by atoms with E-state index in [1.54, 1.807) is 0 Å². The van der Waals surface area contributed by atoms with Crippen LogP contribution in [-0.4, -0.2) is 17.6 Å². The largest absolute Gasteiger partial charge is 0.444 e. The fourth-order valence-electron chi connectivity index (χ4n) is 3.03. The van der Waals surface area contributed by atoms with Crippen molar-refractivity contribution in [3.05, 3.63) is 35.4 Å². The molecule has 0 aliphatic heterocycles. The molecule has 0 aromatic heterocycles. The van der Waals surface area contributed by atoms with Crippen molar-refractivity contribution in [1.82, 2.24) is 10.6 Å². The second-order valence-corrected chi connectivity index (χ2v) is 7.28. The fourth-order valence-corrected chi connectivity index (χ4v) is 3.03. The van der Waals surface area contributed by atoms with E-state index in [1.165, 1.54) is 0 Å². The SMILES string of the molecule is CCCC(=O)NC1CCC(NC(=O)OC(C)(C)C)c2ccccc21. The Hall–Kier alpha value is -2.04. The second kappa shape index (κ2) is 7.69. The lowest BCUT2D eigenvalue weighted by Crippen LogP contribution is -2.39. The molecule has 2 atom stereocenters. The molecule has 1 aromatic rings. The lowest BCUT2D eigenvalue weighted by molar-refractivity contribution is -0.122. The van der Waals surface area contributed by atoms with E-state index in [1.807, 2.05) is 52.0 Å². The van der Waals surface area contributed by atoms with Crippen LogP contribution < -0.4 is 10.6 Å². The maximum atomic E-state index is 12.1. The number of alkyl carbamates (subject to hydrolysis) is 1. The Morgan fingerprint density at radius 3 is 2.12 bits per heavy atom. The zero-order valence-corrected chi connectivity index (χ0v) is 15.0. The van der Waals surface area contributed by atoms with Crippen molar-refractivity contribution in [2.24, 2.45) is 0 Å². The molecule has 132 valence electrons. The third kappa shape index (κ3) is 4.98. The van der Waals surface area contributed by atoms with E-state index in [9.17, 15) is 9.59 Å². The molecular weight excluding hydrogens is 304 g/mol. The van der Waals surface area contributed by atoms with Gasteiger partial charge >= 0.3 is 6.09 Å². The minimum absolute atomic E-state index is 0.0111. The van der Waals surface area contributed by atoms with Crippen molar-refractivity contribution in [2.45, 2.75) is 71.1 Å². The highest BCUT2D eigenvalue weighted by molar-refractivity contribution is 5.76. The van der Waals surface area contributed by atoms with E-state index >= 15 is 0 Å². The quantitative estimate of drug-likeness (QED) is 0.875. The van der Waals surface area contributed by atoms with Gasteiger partial charge in [0.1, 0.15) is 5.60 Å². The Balaban J connectivity index is 2.11. The van der Waals surface area contributed by atoms with Crippen LogP contribution >= 0.6 is 0 Å². The Labute approximate surface area is 144 Å². The molecule has 0 bridgehead atoms. The van der Waals surface area contributed by atoms with Gasteiger partial charge in [0.05, 0.1) is 12.1 Å². The van der Waals surface area contributed by atoms with Gasteiger partial charge in [0.2, 0.25) is 5.91 Å². The van der Waals surface area contributed by atoms with Gasteiger partial charge in [-0.1, -0.05) is 31.2 Å². The fraction of sp³-hybridized carbons (Fsp3) is 0.579. The highest BCUT2D eigenvalue weighted by Gasteiger charge is 2.29. The standard InChI is InChI=1S/C19H28N2O3/c1-5-8-17(22)20-15-11-12-16(14-10-7-6-9-13(14)15)21-18(23)24-19(2,3)4/h6-7,9-10,15-16H,5,8,11-12H2,1-4H3,(H,20,22)(H,21,23). The van der Waals surface area contributed by atoms with Crippen LogP contribution in [0.5, 0.6) is 0 Å². The maximum absolute atomic E-state index is 12.1. The summed E-state index contributed by atoms with van der Waals surface area (Å²) in [4.78, 5) is 24.0. The predicted molar refractivity (Wildman–Crippen MR) is 93.6 cm³/mol. The Morgan fingerprint density at radius 2 is 1.62 bits per heavy atom. The van der Waals surface area contributed by atoms with Crippen LogP contribution in [0.3, 0.4) is 0 Å². The summed E-state index contributed by atoms with van der Waals surface area (Å²) in [6.07, 6.45) is 2.54. The Kier molecular flexibility index (Phi) is 5.86. The number of rotatable bonds is 4. The van der Waals surface area contributed by atoms with Crippen molar-refractivity contribution < 1.29 is 14.3 Å². The minimum atomic E-state index is -0.519. The number of fused-ring (bicyclic) bond motifs is 1. The molecule has 24 heavy (non-hydrogen) atoms. The van der Waals surface area contributed by atoms with E-state index < -0.39 is 11.7 Å². The number of carbonyl (C=O) groups excluding carboxylic acids is 2. The van der Waals surface area contributed by atoms with Crippen molar-refractivity contribution in [2.75, 3.05) is 0 Å². The topological polar surface area (TPSA) is 67.4 Å². The van der Waals surface area contributed by atoms with Gasteiger partial charge in [-0.15, -0.1) is 0 Å². The van der Waals surface area contributed by atoms with E-state index in [2.05, 4.69) is 10.6 Å². The summed E-state index contributed by atoms with van der Waals surface area (Å²) in [5.74, 6) is 0.0795. The van der Waals surface area contributed by atoms with Gasteiger partial charge in [-0.25, -0.2) is 4.79 Å². The van der Waals surface area contributed by atoms with Crippen LogP contribution in [0.15, 0.2) is 24.3 Å². The number of ether oxygens (including phenoxy) is 1. The lowest BCUT2D eigenvalue weighted by Gasteiger charge is -2.33. The van der Waals surface area contributed by atoms with Crippen molar-refractivity contribution in [3.8, 4) is 0 Å². The average Bonchev–Trinajstić information content (AvgIpc) is 2.48. The molecule has 2 rings (SSSR count). The molecule has 0 spiro atoms. The Bertz CT molecular complexity index is 593. The van der Waals surface area contributed by atoms with Gasteiger partial charge in [0, 0.05) is 6.42 Å². The predicted octanol–water partition coefficient (Wildman–Crippen LogP) is 4.00. The van der Waals surface area contributed by atoms with Gasteiger partial charge < -0.3 is 15.4 Å². The normalized spacial score (nSPS) is 20.0. The number of nitrogens with one attached hydrogen (secondary N) is 2.